The summed E-state index contributed by atoms with van der Waals surface area (Å²) in [6.07, 6.45) is 0. The van der Waals surface area contributed by atoms with Crippen LogP contribution in [0.25, 0.3) is 0 Å². The lowest BCUT2D eigenvalue weighted by Crippen LogP contribution is -2.48. The molecule has 1 aromatic rings. The molecule has 0 aliphatic carbocycles. The van der Waals surface area contributed by atoms with E-state index < -0.39 is 17.4 Å². The van der Waals surface area contributed by atoms with E-state index in [9.17, 15) is 14.7 Å². The van der Waals surface area contributed by atoms with Gasteiger partial charge in [-0.2, -0.15) is 0 Å². The molecule has 0 heterocycles. The number of aliphatic hydroxyl groups is 1. The van der Waals surface area contributed by atoms with Crippen LogP contribution in [0.15, 0.2) is 24.3 Å². The van der Waals surface area contributed by atoms with E-state index in [1.54, 1.807) is 0 Å². The Labute approximate surface area is 124 Å². The highest BCUT2D eigenvalue weighted by Crippen LogP contribution is 2.03. The van der Waals surface area contributed by atoms with Gasteiger partial charge < -0.3 is 20.5 Å². The number of rotatable bonds is 6. The van der Waals surface area contributed by atoms with Crippen molar-refractivity contribution >= 4 is 11.8 Å². The Hall–Kier alpha value is -1.92. The second kappa shape index (κ2) is 7.75. The third-order valence-corrected chi connectivity index (χ3v) is 2.86. The lowest BCUT2D eigenvalue weighted by atomic mass is 10.1. The molecule has 1 atom stereocenters. The maximum absolute atomic E-state index is 11.6. The highest BCUT2D eigenvalue weighted by atomic mass is 16.5. The van der Waals surface area contributed by atoms with Crippen molar-refractivity contribution in [2.24, 2.45) is 0 Å². The van der Waals surface area contributed by atoms with Gasteiger partial charge in [-0.05, 0) is 19.4 Å². The number of methoxy groups -OCH3 is 1. The van der Waals surface area contributed by atoms with Crippen LogP contribution in [0.4, 0.5) is 0 Å². The van der Waals surface area contributed by atoms with Gasteiger partial charge in [0, 0.05) is 20.2 Å². The number of hydrogen-bond donors (Lipinski definition) is 3. The minimum atomic E-state index is -1.21. The normalized spacial score (nSPS) is 13.3. The number of benzene rings is 1. The molecule has 0 unspecified atom stereocenters. The fraction of sp³-hybridized carbons (Fsp3) is 0.467. The third kappa shape index (κ3) is 6.37. The van der Waals surface area contributed by atoms with E-state index in [0.717, 1.165) is 11.1 Å². The summed E-state index contributed by atoms with van der Waals surface area (Å²) in [5, 5.41) is 14.7. The van der Waals surface area contributed by atoms with E-state index in [0.29, 0.717) is 0 Å². The summed E-state index contributed by atoms with van der Waals surface area (Å²) in [6.45, 7) is 3.78. The predicted octanol–water partition coefficient (Wildman–Crippen LogP) is 0.125. The predicted molar refractivity (Wildman–Crippen MR) is 78.5 cm³/mol. The van der Waals surface area contributed by atoms with Crippen LogP contribution in [0.5, 0.6) is 0 Å². The number of aryl methyl sites for hydroxylation is 1. The first-order valence-corrected chi connectivity index (χ1v) is 6.67. The van der Waals surface area contributed by atoms with E-state index >= 15 is 0 Å². The zero-order chi connectivity index (χ0) is 15.9. The van der Waals surface area contributed by atoms with Crippen LogP contribution in [0, 0.1) is 6.92 Å². The van der Waals surface area contributed by atoms with Crippen molar-refractivity contribution in [3.8, 4) is 0 Å². The van der Waals surface area contributed by atoms with Gasteiger partial charge in [0.2, 0.25) is 0 Å². The summed E-state index contributed by atoms with van der Waals surface area (Å²) in [5.41, 5.74) is 0.832. The van der Waals surface area contributed by atoms with Crippen LogP contribution in [-0.2, 0) is 20.9 Å². The standard InChI is InChI=1S/C15H22N2O4/c1-11-4-6-12(7-5-11)8-16-13(18)14(19)17-9-15(2,20)10-21-3/h4-7,20H,8-10H2,1-3H3,(H,16,18)(H,17,19)/t15-/m0/s1. The summed E-state index contributed by atoms with van der Waals surface area (Å²) < 4.78 is 4.81. The number of carbonyl (C=O) groups excluding carboxylic acids is 2. The molecule has 3 N–H and O–H groups in total. The van der Waals surface area contributed by atoms with Crippen LogP contribution in [0.2, 0.25) is 0 Å². The van der Waals surface area contributed by atoms with Crippen molar-refractivity contribution in [1.29, 1.82) is 0 Å². The summed E-state index contributed by atoms with van der Waals surface area (Å²) in [4.78, 5) is 23.2. The summed E-state index contributed by atoms with van der Waals surface area (Å²) in [6, 6.07) is 7.64. The molecule has 0 bridgehead atoms. The first kappa shape index (κ1) is 17.1. The van der Waals surface area contributed by atoms with Gasteiger partial charge in [0.15, 0.2) is 0 Å². The summed E-state index contributed by atoms with van der Waals surface area (Å²) >= 11 is 0. The van der Waals surface area contributed by atoms with Gasteiger partial charge in [0.1, 0.15) is 5.60 Å². The molecule has 116 valence electrons. The average Bonchev–Trinajstić information content (AvgIpc) is 2.44. The third-order valence-electron chi connectivity index (χ3n) is 2.86. The van der Waals surface area contributed by atoms with Crippen molar-refractivity contribution in [3.63, 3.8) is 0 Å². The van der Waals surface area contributed by atoms with E-state index in [1.165, 1.54) is 14.0 Å². The number of amides is 2. The Morgan fingerprint density at radius 3 is 2.33 bits per heavy atom. The Bertz CT molecular complexity index is 483. The number of hydrogen-bond acceptors (Lipinski definition) is 4. The first-order valence-electron chi connectivity index (χ1n) is 6.67. The fourth-order valence-electron chi connectivity index (χ4n) is 1.68. The molecule has 1 aromatic carbocycles. The Morgan fingerprint density at radius 1 is 1.19 bits per heavy atom. The topological polar surface area (TPSA) is 87.7 Å². The van der Waals surface area contributed by atoms with Crippen LogP contribution < -0.4 is 10.6 Å². The highest BCUT2D eigenvalue weighted by Gasteiger charge is 2.23. The zero-order valence-corrected chi connectivity index (χ0v) is 12.6. The quantitative estimate of drug-likeness (QED) is 0.651. The van der Waals surface area contributed by atoms with Gasteiger partial charge >= 0.3 is 11.8 Å². The Kier molecular flexibility index (Phi) is 6.33. The lowest BCUT2D eigenvalue weighted by molar-refractivity contribution is -0.140. The van der Waals surface area contributed by atoms with Gasteiger partial charge in [-0.15, -0.1) is 0 Å². The monoisotopic (exact) mass is 294 g/mol. The molecule has 0 saturated carbocycles. The van der Waals surface area contributed by atoms with Gasteiger partial charge in [0.05, 0.1) is 6.61 Å². The van der Waals surface area contributed by atoms with Crippen LogP contribution in [0.3, 0.4) is 0 Å². The van der Waals surface area contributed by atoms with Gasteiger partial charge in [-0.1, -0.05) is 29.8 Å². The molecule has 0 aliphatic rings. The lowest BCUT2D eigenvalue weighted by Gasteiger charge is -2.22. The van der Waals surface area contributed by atoms with Crippen LogP contribution >= 0.6 is 0 Å². The molecule has 2 amide bonds. The maximum atomic E-state index is 11.6. The van der Waals surface area contributed by atoms with Crippen molar-refractivity contribution in [1.82, 2.24) is 10.6 Å². The summed E-state index contributed by atoms with van der Waals surface area (Å²) in [7, 11) is 1.45. The van der Waals surface area contributed by atoms with Crippen molar-refractivity contribution in [2.45, 2.75) is 26.0 Å². The van der Waals surface area contributed by atoms with Crippen LogP contribution in [-0.4, -0.2) is 42.8 Å². The molecular weight excluding hydrogens is 272 g/mol. The minimum absolute atomic E-state index is 0.0579. The summed E-state index contributed by atoms with van der Waals surface area (Å²) in [5.74, 6) is -1.51. The SMILES string of the molecule is COC[C@@](C)(O)CNC(=O)C(=O)NCc1ccc(C)cc1. The molecule has 0 fully saturated rings. The Morgan fingerprint density at radius 2 is 1.76 bits per heavy atom. The largest absolute Gasteiger partial charge is 0.386 e. The van der Waals surface area contributed by atoms with E-state index in [2.05, 4.69) is 10.6 Å². The van der Waals surface area contributed by atoms with E-state index in [4.69, 9.17) is 4.74 Å². The molecule has 21 heavy (non-hydrogen) atoms. The Balaban J connectivity index is 2.37. The molecule has 6 heteroatoms. The second-order valence-electron chi connectivity index (χ2n) is 5.28. The van der Waals surface area contributed by atoms with Crippen molar-refractivity contribution in [3.05, 3.63) is 35.4 Å². The van der Waals surface area contributed by atoms with Crippen LogP contribution in [0.1, 0.15) is 18.1 Å². The van der Waals surface area contributed by atoms with Gasteiger partial charge in [0.25, 0.3) is 0 Å². The maximum Gasteiger partial charge on any atom is 0.309 e. The first-order chi connectivity index (χ1) is 9.84. The molecule has 0 aliphatic heterocycles. The molecule has 1 rings (SSSR count). The highest BCUT2D eigenvalue weighted by molar-refractivity contribution is 6.35. The minimum Gasteiger partial charge on any atom is -0.386 e. The van der Waals surface area contributed by atoms with Gasteiger partial charge in [-0.3, -0.25) is 9.59 Å². The van der Waals surface area contributed by atoms with Gasteiger partial charge in [-0.25, -0.2) is 0 Å². The van der Waals surface area contributed by atoms with Crippen molar-refractivity contribution < 1.29 is 19.4 Å². The average molecular weight is 294 g/mol. The molecular formula is C15H22N2O4. The molecule has 0 saturated heterocycles. The number of nitrogens with one attached hydrogen (secondary N) is 2. The van der Waals surface area contributed by atoms with E-state index in [-0.39, 0.29) is 19.7 Å². The molecule has 0 spiro atoms. The van der Waals surface area contributed by atoms with E-state index in [1.807, 2.05) is 31.2 Å². The van der Waals surface area contributed by atoms with Crippen molar-refractivity contribution in [2.75, 3.05) is 20.3 Å². The molecule has 0 aromatic heterocycles. The molecule has 0 radical (unpaired) electrons. The second-order valence-corrected chi connectivity index (χ2v) is 5.28. The molecule has 6 nitrogen and oxygen atoms in total. The zero-order valence-electron chi connectivity index (χ0n) is 12.6. The fourth-order valence-corrected chi connectivity index (χ4v) is 1.68. The smallest absolute Gasteiger partial charge is 0.309 e. The number of carbonyl (C=O) groups is 2. The number of ether oxygens (including phenoxy) is 1.